The van der Waals surface area contributed by atoms with Crippen molar-refractivity contribution in [2.45, 2.75) is 172 Å². The van der Waals surface area contributed by atoms with Crippen LogP contribution in [0.3, 0.4) is 0 Å². The van der Waals surface area contributed by atoms with Crippen molar-refractivity contribution in [1.29, 1.82) is 0 Å². The van der Waals surface area contributed by atoms with Crippen LogP contribution in [0.25, 0.3) is 0 Å². The second-order valence-electron chi connectivity index (χ2n) is 16.4. The first-order chi connectivity index (χ1) is 30.0. The molecule has 5 rings (SSSR count). The molecule has 0 unspecified atom stereocenters. The summed E-state index contributed by atoms with van der Waals surface area (Å²) in [6, 6.07) is -1.93. The lowest BCUT2D eigenvalue weighted by Crippen LogP contribution is -2.70. The Morgan fingerprint density at radius 1 is 0.609 bits per heavy atom. The molecule has 5 aliphatic rings. The molecule has 0 aromatic heterocycles. The first-order valence-electron chi connectivity index (χ1n) is 20.2. The van der Waals surface area contributed by atoms with Crippen LogP contribution in [-0.2, 0) is 52.2 Å². The van der Waals surface area contributed by atoms with Crippen LogP contribution in [0.4, 0.5) is 0 Å². The lowest BCUT2D eigenvalue weighted by atomic mass is 9.89. The van der Waals surface area contributed by atoms with Crippen LogP contribution in [-0.4, -0.2) is 273 Å². The molecule has 5 aliphatic heterocycles. The number of ether oxygens (including phenoxy) is 9. The summed E-state index contributed by atoms with van der Waals surface area (Å²) in [7, 11) is 0. The van der Waals surface area contributed by atoms with Crippen LogP contribution < -0.4 is 11.5 Å². The van der Waals surface area contributed by atoms with Gasteiger partial charge in [0.25, 0.3) is 11.6 Å². The fourth-order valence-corrected chi connectivity index (χ4v) is 8.02. The molecule has 20 N–H and O–H groups in total. The molecular formula is C35H60N2O27. The Morgan fingerprint density at radius 2 is 1.16 bits per heavy atom. The Labute approximate surface area is 362 Å². The fraction of sp³-hybridized carbons (Fsp3) is 0.943. The molecule has 0 aromatic carbocycles. The van der Waals surface area contributed by atoms with Crippen molar-refractivity contribution in [3.63, 3.8) is 0 Å². The summed E-state index contributed by atoms with van der Waals surface area (Å²) < 4.78 is 51.0. The van der Waals surface area contributed by atoms with E-state index in [9.17, 15) is 91.3 Å². The Bertz CT molecular complexity index is 1530. The molecule has 0 aromatic rings. The van der Waals surface area contributed by atoms with Gasteiger partial charge in [-0.1, -0.05) is 0 Å². The molecule has 0 aliphatic carbocycles. The minimum atomic E-state index is -3.22. The van der Waals surface area contributed by atoms with E-state index < -0.39 is 204 Å². The molecular weight excluding hydrogens is 880 g/mol. The molecule has 29 nitrogen and oxygen atoms in total. The first-order valence-corrected chi connectivity index (χ1v) is 20.2. The summed E-state index contributed by atoms with van der Waals surface area (Å²) >= 11 is 0. The van der Waals surface area contributed by atoms with E-state index in [2.05, 4.69) is 0 Å². The monoisotopic (exact) mass is 940 g/mol. The predicted molar refractivity (Wildman–Crippen MR) is 196 cm³/mol. The van der Waals surface area contributed by atoms with Gasteiger partial charge in [-0.2, -0.15) is 0 Å². The zero-order valence-electron chi connectivity index (χ0n) is 33.9. The third-order valence-corrected chi connectivity index (χ3v) is 11.7. The van der Waals surface area contributed by atoms with Gasteiger partial charge in [-0.25, -0.2) is 9.59 Å². The highest BCUT2D eigenvalue weighted by molar-refractivity contribution is 5.77. The van der Waals surface area contributed by atoms with Gasteiger partial charge in [-0.15, -0.1) is 0 Å². The van der Waals surface area contributed by atoms with Crippen molar-refractivity contribution in [3.8, 4) is 0 Å². The second-order valence-corrected chi connectivity index (χ2v) is 16.4. The quantitative estimate of drug-likeness (QED) is 0.0607. The number of aliphatic hydroxyl groups is 14. The minimum absolute atomic E-state index is 0.0536. The molecule has 0 amide bonds. The molecule has 5 heterocycles. The van der Waals surface area contributed by atoms with Gasteiger partial charge in [-0.05, 0) is 12.8 Å². The molecule has 0 bridgehead atoms. The molecule has 5 fully saturated rings. The predicted octanol–water partition coefficient (Wildman–Crippen LogP) is -10.9. The second kappa shape index (κ2) is 21.9. The maximum Gasteiger partial charge on any atom is 0.364 e. The van der Waals surface area contributed by atoms with Crippen molar-refractivity contribution >= 4 is 11.9 Å². The minimum Gasteiger partial charge on any atom is -0.477 e. The summed E-state index contributed by atoms with van der Waals surface area (Å²) in [6.07, 6.45) is -40.8. The standard InChI is InChI=1S/C35H60N2O27/c36-10-1-12(41)19(58-29(10)51)8-56-30-11(37)2-13(42)20(59-30)9-57-34(32(52)53)4-18(62-35(33(54)55)3-14(43)21(47)26(63-35)16(45)6-39)28(27(64-34)17(46)7-40)61-31-24(50)22(48)23(49)25(60-31)15(44)5-38/h10-31,38-51H,1-9,36-37H2,(H,52,53)(H,54,55)/t10-,11-,12+,13+,14-,15+,16-,17-,18-,19-,20-,21-,22+,23+,24+,25-,26-,27-,28-,29+,30+,31-,34-,35-/m1/s1. The summed E-state index contributed by atoms with van der Waals surface area (Å²) in [5.41, 5.74) is 11.8. The van der Waals surface area contributed by atoms with Crippen molar-refractivity contribution in [2.24, 2.45) is 11.5 Å². The summed E-state index contributed by atoms with van der Waals surface area (Å²) in [5.74, 6) is -10.5. The van der Waals surface area contributed by atoms with Crippen LogP contribution in [0.15, 0.2) is 0 Å². The Morgan fingerprint density at radius 3 is 1.75 bits per heavy atom. The van der Waals surface area contributed by atoms with Crippen molar-refractivity contribution in [2.75, 3.05) is 33.0 Å². The van der Waals surface area contributed by atoms with Gasteiger partial charge in [0.1, 0.15) is 79.4 Å². The van der Waals surface area contributed by atoms with Crippen molar-refractivity contribution < 1.29 is 134 Å². The van der Waals surface area contributed by atoms with Gasteiger partial charge in [0.15, 0.2) is 18.9 Å². The van der Waals surface area contributed by atoms with E-state index in [1.807, 2.05) is 0 Å². The van der Waals surface area contributed by atoms with Gasteiger partial charge in [0.2, 0.25) is 0 Å². The van der Waals surface area contributed by atoms with Gasteiger partial charge in [0.05, 0.1) is 69.5 Å². The van der Waals surface area contributed by atoms with E-state index in [0.717, 1.165) is 0 Å². The number of aliphatic hydroxyl groups excluding tert-OH is 14. The summed E-state index contributed by atoms with van der Waals surface area (Å²) in [5, 5.41) is 167. The molecule has 64 heavy (non-hydrogen) atoms. The Balaban J connectivity index is 1.49. The van der Waals surface area contributed by atoms with Gasteiger partial charge < -0.3 is 136 Å². The van der Waals surface area contributed by atoms with E-state index in [1.54, 1.807) is 0 Å². The van der Waals surface area contributed by atoms with Crippen LogP contribution in [0.2, 0.25) is 0 Å². The van der Waals surface area contributed by atoms with Crippen LogP contribution in [0, 0.1) is 0 Å². The molecule has 29 heteroatoms. The first kappa shape index (κ1) is 52.9. The fourth-order valence-electron chi connectivity index (χ4n) is 8.02. The van der Waals surface area contributed by atoms with Gasteiger partial charge in [-0.3, -0.25) is 0 Å². The molecule has 0 spiro atoms. The smallest absolute Gasteiger partial charge is 0.364 e. The number of carboxylic acids is 2. The van der Waals surface area contributed by atoms with Crippen molar-refractivity contribution in [1.82, 2.24) is 0 Å². The normalized spacial score (nSPS) is 47.1. The topological polar surface area (TPSA) is 493 Å². The van der Waals surface area contributed by atoms with E-state index >= 15 is 0 Å². The van der Waals surface area contributed by atoms with Crippen LogP contribution in [0.5, 0.6) is 0 Å². The third-order valence-electron chi connectivity index (χ3n) is 11.7. The highest BCUT2D eigenvalue weighted by Crippen LogP contribution is 2.42. The number of carboxylic acid groups (broad SMARTS) is 2. The van der Waals surface area contributed by atoms with Crippen molar-refractivity contribution in [3.05, 3.63) is 0 Å². The molecule has 5 saturated heterocycles. The molecule has 24 atom stereocenters. The van der Waals surface area contributed by atoms with E-state index in [1.165, 1.54) is 0 Å². The zero-order valence-corrected chi connectivity index (χ0v) is 33.9. The maximum absolute atomic E-state index is 13.3. The third kappa shape index (κ3) is 11.3. The number of hydrogen-bond donors (Lipinski definition) is 18. The van der Waals surface area contributed by atoms with Gasteiger partial charge in [0, 0.05) is 12.8 Å². The Hall–Kier alpha value is -2.06. The number of nitrogens with two attached hydrogens (primary N) is 2. The maximum atomic E-state index is 13.3. The Kier molecular flexibility index (Phi) is 18.1. The highest BCUT2D eigenvalue weighted by Gasteiger charge is 2.63. The zero-order chi connectivity index (χ0) is 47.6. The average Bonchev–Trinajstić information content (AvgIpc) is 3.25. The molecule has 0 radical (unpaired) electrons. The van der Waals surface area contributed by atoms with E-state index in [4.69, 9.17) is 54.1 Å². The average molecular weight is 941 g/mol. The number of carbonyl (C=O) groups is 2. The van der Waals surface area contributed by atoms with Gasteiger partial charge >= 0.3 is 11.9 Å². The summed E-state index contributed by atoms with van der Waals surface area (Å²) in [6.45, 7) is -4.86. The molecule has 372 valence electrons. The lowest BCUT2D eigenvalue weighted by Gasteiger charge is -2.52. The number of hydrogen-bond acceptors (Lipinski definition) is 27. The SMILES string of the molecule is N[C@@H]1C[C@H](O)[C@@H](CO[C@]2(C(=O)O)C[C@@H](O[C@]3(C(=O)O)C[C@@H](O)[C@@H](O)[C@@H]([C@H](O)CO)O3)[C@@H](O[C@H]3O[C@H]([C@@H](O)CO)[C@@H](O)[C@H](O)[C@@H]3O)[C@@H]([C@H](O)CO)O2)O[C@@H]1OC[C@H]1O[C@H](O)[C@H](N)C[C@@H]1O. The summed E-state index contributed by atoms with van der Waals surface area (Å²) in [4.78, 5) is 26.4. The number of rotatable bonds is 18. The highest BCUT2D eigenvalue weighted by atomic mass is 16.8. The largest absolute Gasteiger partial charge is 0.477 e. The van der Waals surface area contributed by atoms with Crippen LogP contribution >= 0.6 is 0 Å². The van der Waals surface area contributed by atoms with Crippen LogP contribution in [0.1, 0.15) is 25.7 Å². The van der Waals surface area contributed by atoms with E-state index in [0.29, 0.717) is 0 Å². The lowest BCUT2D eigenvalue weighted by molar-refractivity contribution is -0.399. The number of aliphatic carboxylic acids is 2. The van der Waals surface area contributed by atoms with E-state index in [-0.39, 0.29) is 12.8 Å². The molecule has 0 saturated carbocycles.